The molecule has 2 rings (SSSR count). The maximum Gasteiger partial charge on any atom is 0.191 e. The van der Waals surface area contributed by atoms with E-state index in [0.29, 0.717) is 0 Å². The van der Waals surface area contributed by atoms with Crippen molar-refractivity contribution >= 4 is 29.9 Å². The Morgan fingerprint density at radius 1 is 1.43 bits per heavy atom. The first-order chi connectivity index (χ1) is 9.65. The van der Waals surface area contributed by atoms with Crippen LogP contribution in [0.2, 0.25) is 0 Å². The minimum absolute atomic E-state index is 0. The standard InChI is InChI=1S/C15H30N4O.HI/c1-4-19-8-6-13(11-19)10-17-14(16-3)18-12-15(2)7-5-9-20-15;/h13H,4-12H2,1-3H3,(H2,16,17,18);1H. The fourth-order valence-corrected chi connectivity index (χ4v) is 3.08. The van der Waals surface area contributed by atoms with Gasteiger partial charge in [-0.25, -0.2) is 0 Å². The van der Waals surface area contributed by atoms with Gasteiger partial charge in [-0.2, -0.15) is 0 Å². The van der Waals surface area contributed by atoms with E-state index in [1.54, 1.807) is 0 Å². The number of ether oxygens (including phenoxy) is 1. The summed E-state index contributed by atoms with van der Waals surface area (Å²) in [7, 11) is 1.83. The van der Waals surface area contributed by atoms with E-state index in [9.17, 15) is 0 Å². The van der Waals surface area contributed by atoms with Crippen molar-refractivity contribution in [1.82, 2.24) is 15.5 Å². The molecule has 2 fully saturated rings. The number of likely N-dealkylation sites (tertiary alicyclic amines) is 1. The van der Waals surface area contributed by atoms with E-state index >= 15 is 0 Å². The molecule has 2 aliphatic rings. The van der Waals surface area contributed by atoms with Gasteiger partial charge in [-0.05, 0) is 45.2 Å². The molecule has 0 bridgehead atoms. The molecule has 0 saturated carbocycles. The Balaban J connectivity index is 0.00000220. The topological polar surface area (TPSA) is 48.9 Å². The van der Waals surface area contributed by atoms with Gasteiger partial charge in [0.2, 0.25) is 0 Å². The number of nitrogens with zero attached hydrogens (tertiary/aromatic N) is 2. The molecule has 2 unspecified atom stereocenters. The molecule has 0 spiro atoms. The number of nitrogens with one attached hydrogen (secondary N) is 2. The molecular formula is C15H31IN4O. The average Bonchev–Trinajstić information content (AvgIpc) is 3.08. The van der Waals surface area contributed by atoms with Crippen LogP contribution in [0.15, 0.2) is 4.99 Å². The Kier molecular flexibility index (Phi) is 8.26. The Hall–Kier alpha value is -0.0800. The number of halogens is 1. The SMILES string of the molecule is CCN1CCC(CNC(=NC)NCC2(C)CCCO2)C1.I. The molecule has 0 aromatic carbocycles. The molecule has 21 heavy (non-hydrogen) atoms. The van der Waals surface area contributed by atoms with Crippen molar-refractivity contribution in [2.45, 2.75) is 38.7 Å². The fraction of sp³-hybridized carbons (Fsp3) is 0.933. The Morgan fingerprint density at radius 2 is 2.24 bits per heavy atom. The highest BCUT2D eigenvalue weighted by Gasteiger charge is 2.29. The van der Waals surface area contributed by atoms with Crippen molar-refractivity contribution in [3.8, 4) is 0 Å². The molecular weight excluding hydrogens is 379 g/mol. The lowest BCUT2D eigenvalue weighted by Crippen LogP contribution is -2.46. The van der Waals surface area contributed by atoms with Crippen molar-refractivity contribution in [2.24, 2.45) is 10.9 Å². The molecule has 0 aromatic heterocycles. The van der Waals surface area contributed by atoms with Crippen LogP contribution in [0.4, 0.5) is 0 Å². The molecule has 0 aromatic rings. The van der Waals surface area contributed by atoms with Crippen LogP contribution in [0.1, 0.15) is 33.1 Å². The van der Waals surface area contributed by atoms with Gasteiger partial charge in [0.25, 0.3) is 0 Å². The zero-order valence-corrected chi connectivity index (χ0v) is 16.0. The predicted octanol–water partition coefficient (Wildman–Crippen LogP) is 1.68. The van der Waals surface area contributed by atoms with Crippen LogP contribution in [0.3, 0.4) is 0 Å². The van der Waals surface area contributed by atoms with Crippen molar-refractivity contribution in [3.05, 3.63) is 0 Å². The number of rotatable bonds is 5. The molecule has 124 valence electrons. The molecule has 2 atom stereocenters. The van der Waals surface area contributed by atoms with Gasteiger partial charge < -0.3 is 20.3 Å². The highest BCUT2D eigenvalue weighted by atomic mass is 127. The van der Waals surface area contributed by atoms with Crippen LogP contribution in [0.25, 0.3) is 0 Å². The van der Waals surface area contributed by atoms with Gasteiger partial charge >= 0.3 is 0 Å². The highest BCUT2D eigenvalue weighted by molar-refractivity contribution is 14.0. The summed E-state index contributed by atoms with van der Waals surface area (Å²) in [5.41, 5.74) is -0.0238. The molecule has 2 heterocycles. The quantitative estimate of drug-likeness (QED) is 0.412. The zero-order valence-electron chi connectivity index (χ0n) is 13.7. The first-order valence-corrected chi connectivity index (χ1v) is 7.96. The van der Waals surface area contributed by atoms with Crippen LogP contribution in [-0.4, -0.2) is 62.8 Å². The van der Waals surface area contributed by atoms with E-state index in [0.717, 1.165) is 38.0 Å². The summed E-state index contributed by atoms with van der Waals surface area (Å²) in [6, 6.07) is 0. The van der Waals surface area contributed by atoms with Gasteiger partial charge in [0.15, 0.2) is 5.96 Å². The minimum atomic E-state index is -0.0238. The van der Waals surface area contributed by atoms with E-state index in [2.05, 4.69) is 34.4 Å². The van der Waals surface area contributed by atoms with Gasteiger partial charge in [0.1, 0.15) is 0 Å². The second-order valence-electron chi connectivity index (χ2n) is 6.26. The van der Waals surface area contributed by atoms with E-state index in [4.69, 9.17) is 4.74 Å². The van der Waals surface area contributed by atoms with E-state index in [1.165, 1.54) is 32.5 Å². The maximum absolute atomic E-state index is 5.79. The monoisotopic (exact) mass is 410 g/mol. The molecule has 0 aliphatic carbocycles. The Labute approximate surface area is 146 Å². The molecule has 6 heteroatoms. The first kappa shape index (κ1) is 19.0. The van der Waals surface area contributed by atoms with E-state index < -0.39 is 0 Å². The summed E-state index contributed by atoms with van der Waals surface area (Å²) in [4.78, 5) is 6.82. The van der Waals surface area contributed by atoms with E-state index in [1.807, 2.05) is 7.05 Å². The van der Waals surface area contributed by atoms with Crippen molar-refractivity contribution in [3.63, 3.8) is 0 Å². The fourth-order valence-electron chi connectivity index (χ4n) is 3.08. The Morgan fingerprint density at radius 3 is 2.81 bits per heavy atom. The molecule has 5 nitrogen and oxygen atoms in total. The minimum Gasteiger partial charge on any atom is -0.373 e. The van der Waals surface area contributed by atoms with Gasteiger partial charge in [-0.1, -0.05) is 6.92 Å². The molecule has 0 radical (unpaired) electrons. The third-order valence-electron chi connectivity index (χ3n) is 4.53. The smallest absolute Gasteiger partial charge is 0.191 e. The van der Waals surface area contributed by atoms with Crippen LogP contribution < -0.4 is 10.6 Å². The summed E-state index contributed by atoms with van der Waals surface area (Å²) < 4.78 is 5.79. The summed E-state index contributed by atoms with van der Waals surface area (Å²) in [6.45, 7) is 10.8. The average molecular weight is 410 g/mol. The summed E-state index contributed by atoms with van der Waals surface area (Å²) in [6.07, 6.45) is 3.59. The van der Waals surface area contributed by atoms with Crippen molar-refractivity contribution < 1.29 is 4.74 Å². The molecule has 2 N–H and O–H groups in total. The summed E-state index contributed by atoms with van der Waals surface area (Å²) in [5.74, 6) is 1.64. The molecule has 2 aliphatic heterocycles. The first-order valence-electron chi connectivity index (χ1n) is 7.96. The lowest BCUT2D eigenvalue weighted by Gasteiger charge is -2.25. The van der Waals surface area contributed by atoms with Crippen LogP contribution >= 0.6 is 24.0 Å². The van der Waals surface area contributed by atoms with Gasteiger partial charge in [-0.15, -0.1) is 24.0 Å². The third kappa shape index (κ3) is 5.90. The Bertz CT molecular complexity index is 332. The maximum atomic E-state index is 5.79. The van der Waals surface area contributed by atoms with Gasteiger partial charge in [0.05, 0.1) is 5.60 Å². The third-order valence-corrected chi connectivity index (χ3v) is 4.53. The molecule has 2 saturated heterocycles. The largest absolute Gasteiger partial charge is 0.373 e. The zero-order chi connectivity index (χ0) is 14.4. The number of guanidine groups is 1. The van der Waals surface area contributed by atoms with Gasteiger partial charge in [0, 0.05) is 33.3 Å². The predicted molar refractivity (Wildman–Crippen MR) is 98.6 cm³/mol. The second-order valence-corrected chi connectivity index (χ2v) is 6.26. The lowest BCUT2D eigenvalue weighted by molar-refractivity contribution is 0.0243. The molecule has 0 amide bonds. The summed E-state index contributed by atoms with van der Waals surface area (Å²) in [5, 5.41) is 6.86. The number of hydrogen-bond acceptors (Lipinski definition) is 3. The second kappa shape index (κ2) is 9.15. The van der Waals surface area contributed by atoms with Crippen molar-refractivity contribution in [2.75, 3.05) is 46.4 Å². The van der Waals surface area contributed by atoms with Crippen molar-refractivity contribution in [1.29, 1.82) is 0 Å². The highest BCUT2D eigenvalue weighted by Crippen LogP contribution is 2.23. The van der Waals surface area contributed by atoms with Gasteiger partial charge in [-0.3, -0.25) is 4.99 Å². The summed E-state index contributed by atoms with van der Waals surface area (Å²) >= 11 is 0. The van der Waals surface area contributed by atoms with Crippen LogP contribution in [0.5, 0.6) is 0 Å². The van der Waals surface area contributed by atoms with Crippen LogP contribution in [-0.2, 0) is 4.74 Å². The van der Waals surface area contributed by atoms with E-state index in [-0.39, 0.29) is 29.6 Å². The lowest BCUT2D eigenvalue weighted by atomic mass is 10.0. The number of aliphatic imine (C=N–C) groups is 1. The number of hydrogen-bond donors (Lipinski definition) is 2. The van der Waals surface area contributed by atoms with Crippen LogP contribution in [0, 0.1) is 5.92 Å². The normalized spacial score (nSPS) is 30.2.